The van der Waals surface area contributed by atoms with Gasteiger partial charge in [0.25, 0.3) is 0 Å². The topological polar surface area (TPSA) is 44.8 Å². The molecule has 2 rings (SSSR count). The van der Waals surface area contributed by atoms with E-state index >= 15 is 0 Å². The van der Waals surface area contributed by atoms with Crippen LogP contribution >= 0.6 is 0 Å². The van der Waals surface area contributed by atoms with Crippen LogP contribution in [0.2, 0.25) is 0 Å². The maximum Gasteiger partial charge on any atom is 0.321 e. The zero-order valence-corrected chi connectivity index (χ0v) is 14.9. The molecular weight excluding hydrogens is 290 g/mol. The maximum absolute atomic E-state index is 11.9. The number of amides is 2. The summed E-state index contributed by atoms with van der Waals surface area (Å²) in [4.78, 5) is 15.9. The standard InChI is InChI=1S/C18H29N3O2/c1-6-19-17(22)20(5)15-9-7-14(8-10-15)16-13-21(11-12-23-16)18(2,3)4/h7-10,16H,6,11-13H2,1-5H3,(H,19,22). The summed E-state index contributed by atoms with van der Waals surface area (Å²) in [5.74, 6) is 0. The molecule has 5 heteroatoms. The molecule has 128 valence electrons. The fourth-order valence-electron chi connectivity index (χ4n) is 2.76. The first-order chi connectivity index (χ1) is 10.8. The van der Waals surface area contributed by atoms with Crippen molar-refractivity contribution in [2.75, 3.05) is 38.2 Å². The van der Waals surface area contributed by atoms with Crippen LogP contribution in [-0.2, 0) is 4.74 Å². The highest BCUT2D eigenvalue weighted by atomic mass is 16.5. The van der Waals surface area contributed by atoms with E-state index < -0.39 is 0 Å². The third kappa shape index (κ3) is 4.45. The van der Waals surface area contributed by atoms with Gasteiger partial charge in [0.15, 0.2) is 0 Å². The van der Waals surface area contributed by atoms with Crippen molar-refractivity contribution < 1.29 is 9.53 Å². The second kappa shape index (κ2) is 7.32. The molecule has 5 nitrogen and oxygen atoms in total. The quantitative estimate of drug-likeness (QED) is 0.931. The monoisotopic (exact) mass is 319 g/mol. The summed E-state index contributed by atoms with van der Waals surface area (Å²) in [7, 11) is 1.78. The second-order valence-corrected chi connectivity index (χ2v) is 6.96. The Labute approximate surface area is 139 Å². The van der Waals surface area contributed by atoms with Gasteiger partial charge in [-0.3, -0.25) is 9.80 Å². The molecule has 0 aromatic heterocycles. The summed E-state index contributed by atoms with van der Waals surface area (Å²) in [6, 6.07) is 7.98. The first-order valence-electron chi connectivity index (χ1n) is 8.31. The second-order valence-electron chi connectivity index (χ2n) is 6.96. The Morgan fingerprint density at radius 2 is 2.00 bits per heavy atom. The Morgan fingerprint density at radius 1 is 1.35 bits per heavy atom. The van der Waals surface area contributed by atoms with Gasteiger partial charge in [-0.15, -0.1) is 0 Å². The van der Waals surface area contributed by atoms with Crippen LogP contribution in [0.3, 0.4) is 0 Å². The van der Waals surface area contributed by atoms with Crippen LogP contribution in [0.25, 0.3) is 0 Å². The number of urea groups is 1. The van der Waals surface area contributed by atoms with Crippen LogP contribution in [0.15, 0.2) is 24.3 Å². The molecule has 0 aliphatic carbocycles. The number of hydrogen-bond acceptors (Lipinski definition) is 3. The highest BCUT2D eigenvalue weighted by Gasteiger charge is 2.29. The van der Waals surface area contributed by atoms with E-state index in [9.17, 15) is 4.79 Å². The molecule has 1 aromatic carbocycles. The van der Waals surface area contributed by atoms with Crippen molar-refractivity contribution in [1.82, 2.24) is 10.2 Å². The Kier molecular flexibility index (Phi) is 5.65. The predicted octanol–water partition coefficient (Wildman–Crippen LogP) is 3.02. The molecule has 0 radical (unpaired) electrons. The van der Waals surface area contributed by atoms with Gasteiger partial charge in [-0.25, -0.2) is 4.79 Å². The van der Waals surface area contributed by atoms with Gasteiger partial charge < -0.3 is 10.1 Å². The minimum atomic E-state index is -0.0897. The Balaban J connectivity index is 2.06. The van der Waals surface area contributed by atoms with E-state index in [2.05, 4.69) is 43.1 Å². The number of nitrogens with zero attached hydrogens (tertiary/aromatic N) is 2. The molecule has 1 heterocycles. The fraction of sp³-hybridized carbons (Fsp3) is 0.611. The van der Waals surface area contributed by atoms with Crippen LogP contribution in [0.4, 0.5) is 10.5 Å². The lowest BCUT2D eigenvalue weighted by atomic mass is 10.0. The average molecular weight is 319 g/mol. The third-order valence-electron chi connectivity index (χ3n) is 4.30. The third-order valence-corrected chi connectivity index (χ3v) is 4.30. The lowest BCUT2D eigenvalue weighted by Crippen LogP contribution is -2.48. The lowest BCUT2D eigenvalue weighted by molar-refractivity contribution is -0.0596. The first-order valence-corrected chi connectivity index (χ1v) is 8.31. The van der Waals surface area contributed by atoms with Crippen molar-refractivity contribution in [2.24, 2.45) is 0 Å². The van der Waals surface area contributed by atoms with E-state index in [1.165, 1.54) is 0 Å². The Bertz CT molecular complexity index is 522. The molecular formula is C18H29N3O2. The number of carbonyl (C=O) groups excluding carboxylic acids is 1. The zero-order valence-electron chi connectivity index (χ0n) is 14.9. The molecule has 0 spiro atoms. The number of morpholine rings is 1. The van der Waals surface area contributed by atoms with Gasteiger partial charge in [-0.2, -0.15) is 0 Å². The Morgan fingerprint density at radius 3 is 2.57 bits per heavy atom. The van der Waals surface area contributed by atoms with Crippen molar-refractivity contribution in [1.29, 1.82) is 0 Å². The molecule has 1 N–H and O–H groups in total. The van der Waals surface area contributed by atoms with Crippen LogP contribution in [0.5, 0.6) is 0 Å². The number of nitrogens with one attached hydrogen (secondary N) is 1. The van der Waals surface area contributed by atoms with Gasteiger partial charge >= 0.3 is 6.03 Å². The van der Waals surface area contributed by atoms with Crippen LogP contribution in [-0.4, -0.2) is 49.8 Å². The molecule has 1 saturated heterocycles. The number of benzene rings is 1. The van der Waals surface area contributed by atoms with Gasteiger partial charge in [0.05, 0.1) is 12.7 Å². The van der Waals surface area contributed by atoms with Gasteiger partial charge in [-0.1, -0.05) is 12.1 Å². The smallest absolute Gasteiger partial charge is 0.321 e. The highest BCUT2D eigenvalue weighted by Crippen LogP contribution is 2.27. The highest BCUT2D eigenvalue weighted by molar-refractivity contribution is 5.91. The van der Waals surface area contributed by atoms with Gasteiger partial charge in [0.2, 0.25) is 0 Å². The van der Waals surface area contributed by atoms with Gasteiger partial charge in [0, 0.05) is 37.9 Å². The molecule has 1 fully saturated rings. The molecule has 1 aliphatic heterocycles. The Hall–Kier alpha value is -1.59. The van der Waals surface area contributed by atoms with Crippen molar-refractivity contribution in [3.8, 4) is 0 Å². The number of anilines is 1. The number of hydrogen-bond donors (Lipinski definition) is 1. The maximum atomic E-state index is 11.9. The molecule has 0 bridgehead atoms. The van der Waals surface area contributed by atoms with Crippen molar-refractivity contribution in [3.63, 3.8) is 0 Å². The number of carbonyl (C=O) groups is 1. The van der Waals surface area contributed by atoms with Crippen molar-refractivity contribution >= 4 is 11.7 Å². The number of ether oxygens (including phenoxy) is 1. The van der Waals surface area contributed by atoms with Crippen molar-refractivity contribution in [3.05, 3.63) is 29.8 Å². The average Bonchev–Trinajstić information content (AvgIpc) is 2.54. The van der Waals surface area contributed by atoms with Gasteiger partial charge in [-0.05, 0) is 45.4 Å². The summed E-state index contributed by atoms with van der Waals surface area (Å²) in [6.45, 7) is 11.9. The molecule has 1 aliphatic rings. The van der Waals surface area contributed by atoms with E-state index in [0.29, 0.717) is 6.54 Å². The summed E-state index contributed by atoms with van der Waals surface area (Å²) in [5, 5.41) is 2.80. The van der Waals surface area contributed by atoms with E-state index in [1.54, 1.807) is 11.9 Å². The summed E-state index contributed by atoms with van der Waals surface area (Å²) in [6.07, 6.45) is 0.0896. The number of rotatable bonds is 3. The molecule has 1 aromatic rings. The van der Waals surface area contributed by atoms with E-state index in [0.717, 1.165) is 30.9 Å². The fourth-order valence-corrected chi connectivity index (χ4v) is 2.76. The lowest BCUT2D eigenvalue weighted by Gasteiger charge is -2.41. The van der Waals surface area contributed by atoms with Crippen LogP contribution < -0.4 is 10.2 Å². The SMILES string of the molecule is CCNC(=O)N(C)c1ccc(C2CN(C(C)(C)C)CCO2)cc1. The summed E-state index contributed by atoms with van der Waals surface area (Å²) in [5.41, 5.74) is 2.19. The van der Waals surface area contributed by atoms with Gasteiger partial charge in [0.1, 0.15) is 0 Å². The van der Waals surface area contributed by atoms with E-state index in [1.807, 2.05) is 19.1 Å². The minimum Gasteiger partial charge on any atom is -0.371 e. The summed E-state index contributed by atoms with van der Waals surface area (Å²) >= 11 is 0. The molecule has 1 atom stereocenters. The normalized spacial score (nSPS) is 19.4. The van der Waals surface area contributed by atoms with Crippen molar-refractivity contribution in [2.45, 2.75) is 39.3 Å². The molecule has 0 saturated carbocycles. The minimum absolute atomic E-state index is 0.0896. The molecule has 23 heavy (non-hydrogen) atoms. The molecule has 1 unspecified atom stereocenters. The predicted molar refractivity (Wildman–Crippen MR) is 93.9 cm³/mol. The largest absolute Gasteiger partial charge is 0.371 e. The zero-order chi connectivity index (χ0) is 17.0. The van der Waals surface area contributed by atoms with Crippen LogP contribution in [0.1, 0.15) is 39.4 Å². The summed E-state index contributed by atoms with van der Waals surface area (Å²) < 4.78 is 5.94. The van der Waals surface area contributed by atoms with E-state index in [4.69, 9.17) is 4.74 Å². The van der Waals surface area contributed by atoms with Crippen LogP contribution in [0, 0.1) is 0 Å². The first kappa shape index (κ1) is 17.8. The molecule has 2 amide bonds. The van der Waals surface area contributed by atoms with E-state index in [-0.39, 0.29) is 17.7 Å².